The van der Waals surface area contributed by atoms with Crippen molar-refractivity contribution in [1.82, 2.24) is 0 Å². The Morgan fingerprint density at radius 2 is 0.833 bits per heavy atom. The largest absolute Gasteiger partial charge is 0.393 e. The van der Waals surface area contributed by atoms with Gasteiger partial charge in [0.1, 0.15) is 0 Å². The minimum absolute atomic E-state index is 0.193. The molecular weight excluding hydrogens is 304 g/mol. The van der Waals surface area contributed by atoms with Crippen molar-refractivity contribution in [1.29, 1.82) is 0 Å². The highest BCUT2D eigenvalue weighted by Gasteiger charge is 2.22. The van der Waals surface area contributed by atoms with Crippen LogP contribution in [-0.2, 0) is 0 Å². The smallest absolute Gasteiger partial charge is 0.0824 e. The van der Waals surface area contributed by atoms with Crippen LogP contribution in [0, 0.1) is 0 Å². The van der Waals surface area contributed by atoms with Crippen molar-refractivity contribution in [3.05, 3.63) is 0 Å². The van der Waals surface area contributed by atoms with Gasteiger partial charge in [0.2, 0.25) is 0 Å². The summed E-state index contributed by atoms with van der Waals surface area (Å²) in [6.07, 6.45) is 10.1. The van der Waals surface area contributed by atoms with E-state index in [1.54, 1.807) is 0 Å². The first kappa shape index (κ1) is 23.8. The Morgan fingerprint density at radius 1 is 0.500 bits per heavy atom. The van der Waals surface area contributed by atoms with Crippen LogP contribution in [-0.4, -0.2) is 44.8 Å². The van der Waals surface area contributed by atoms with Crippen molar-refractivity contribution in [3.63, 3.8) is 0 Å². The number of hydrogen-bond donors (Lipinski definition) is 4. The molecule has 0 aromatic rings. The maximum atomic E-state index is 10.00. The second kappa shape index (κ2) is 16.3. The highest BCUT2D eigenvalue weighted by atomic mass is 16.3. The van der Waals surface area contributed by atoms with Crippen molar-refractivity contribution >= 4 is 0 Å². The zero-order valence-corrected chi connectivity index (χ0v) is 16.0. The summed E-state index contributed by atoms with van der Waals surface area (Å²) in [6, 6.07) is 0. The minimum Gasteiger partial charge on any atom is -0.393 e. The molecule has 0 aromatic carbocycles. The summed E-state index contributed by atoms with van der Waals surface area (Å²) in [6.45, 7) is 4.35. The molecule has 0 aliphatic heterocycles. The Labute approximate surface area is 149 Å². The molecule has 0 spiro atoms. The van der Waals surface area contributed by atoms with E-state index in [1.807, 2.05) is 0 Å². The van der Waals surface area contributed by atoms with Crippen LogP contribution in [0.15, 0.2) is 0 Å². The van der Waals surface area contributed by atoms with Gasteiger partial charge >= 0.3 is 0 Å². The van der Waals surface area contributed by atoms with Crippen LogP contribution in [0.3, 0.4) is 0 Å². The predicted molar refractivity (Wildman–Crippen MR) is 100 cm³/mol. The van der Waals surface area contributed by atoms with Gasteiger partial charge in [-0.1, -0.05) is 78.1 Å². The van der Waals surface area contributed by atoms with Crippen LogP contribution in [0.25, 0.3) is 0 Å². The molecule has 0 aliphatic rings. The summed E-state index contributed by atoms with van der Waals surface area (Å²) in [7, 11) is 0. The third-order valence-corrected chi connectivity index (χ3v) is 4.75. The third-order valence-electron chi connectivity index (χ3n) is 4.75. The molecule has 0 amide bonds. The number of hydrogen-bond acceptors (Lipinski definition) is 4. The summed E-state index contributed by atoms with van der Waals surface area (Å²) in [5.41, 5.74) is 0. The van der Waals surface area contributed by atoms with Gasteiger partial charge in [0.05, 0.1) is 24.4 Å². The number of rotatable bonds is 17. The molecule has 0 saturated carbocycles. The molecule has 4 nitrogen and oxygen atoms in total. The molecule has 0 aromatic heterocycles. The first-order chi connectivity index (χ1) is 11.5. The fourth-order valence-corrected chi connectivity index (χ4v) is 3.07. The molecule has 4 atom stereocenters. The van der Waals surface area contributed by atoms with E-state index in [4.69, 9.17) is 0 Å². The second-order valence-electron chi connectivity index (χ2n) is 7.32. The quantitative estimate of drug-likeness (QED) is 0.301. The highest BCUT2D eigenvalue weighted by molar-refractivity contribution is 4.74. The lowest BCUT2D eigenvalue weighted by Gasteiger charge is -2.22. The summed E-state index contributed by atoms with van der Waals surface area (Å²) in [5, 5.41) is 39.9. The summed E-state index contributed by atoms with van der Waals surface area (Å²) in [4.78, 5) is 0. The number of aliphatic hydroxyl groups is 4. The zero-order valence-electron chi connectivity index (χ0n) is 16.0. The van der Waals surface area contributed by atoms with Crippen molar-refractivity contribution in [3.8, 4) is 0 Å². The molecule has 0 fully saturated rings. The van der Waals surface area contributed by atoms with Crippen LogP contribution >= 0.6 is 0 Å². The van der Waals surface area contributed by atoms with E-state index in [0.29, 0.717) is 12.8 Å². The van der Waals surface area contributed by atoms with E-state index in [0.717, 1.165) is 25.7 Å². The molecule has 0 heterocycles. The lowest BCUT2D eigenvalue weighted by Crippen LogP contribution is -2.33. The second-order valence-corrected chi connectivity index (χ2v) is 7.32. The molecule has 4 N–H and O–H groups in total. The average molecular weight is 347 g/mol. The zero-order chi connectivity index (χ0) is 18.2. The Balaban J connectivity index is 3.74. The van der Waals surface area contributed by atoms with Gasteiger partial charge in [-0.25, -0.2) is 0 Å². The van der Waals surface area contributed by atoms with Gasteiger partial charge in [-0.2, -0.15) is 0 Å². The van der Waals surface area contributed by atoms with E-state index >= 15 is 0 Å². The molecule has 0 bridgehead atoms. The van der Waals surface area contributed by atoms with Crippen LogP contribution in [0.4, 0.5) is 0 Å². The average Bonchev–Trinajstić information content (AvgIpc) is 2.54. The van der Waals surface area contributed by atoms with Crippen LogP contribution in [0.2, 0.25) is 0 Å². The van der Waals surface area contributed by atoms with Crippen molar-refractivity contribution < 1.29 is 20.4 Å². The minimum atomic E-state index is -0.953. The van der Waals surface area contributed by atoms with E-state index in [1.165, 1.54) is 38.5 Å². The lowest BCUT2D eigenvalue weighted by atomic mass is 9.96. The third kappa shape index (κ3) is 14.2. The fourth-order valence-electron chi connectivity index (χ4n) is 3.07. The van der Waals surface area contributed by atoms with Crippen molar-refractivity contribution in [2.45, 2.75) is 128 Å². The number of aliphatic hydroxyl groups excluding tert-OH is 4. The molecule has 24 heavy (non-hydrogen) atoms. The maximum absolute atomic E-state index is 10.00. The standard InChI is InChI=1S/C20H42O4/c1-3-5-7-9-11-13-17(21)15-19(23)20(24)16-18(22)14-12-10-8-6-4-2/h17-24H,3-16H2,1-2H3. The van der Waals surface area contributed by atoms with Crippen molar-refractivity contribution in [2.75, 3.05) is 0 Å². The van der Waals surface area contributed by atoms with Crippen LogP contribution in [0.5, 0.6) is 0 Å². The predicted octanol–water partition coefficient (Wildman–Crippen LogP) is 3.93. The molecule has 0 radical (unpaired) electrons. The summed E-state index contributed by atoms with van der Waals surface area (Å²) in [5.74, 6) is 0. The monoisotopic (exact) mass is 346 g/mol. The molecule has 4 heteroatoms. The van der Waals surface area contributed by atoms with Crippen LogP contribution < -0.4 is 0 Å². The SMILES string of the molecule is CCCCCCCC(O)CC(O)C(O)CC(O)CCCCCCC. The molecule has 0 aliphatic carbocycles. The van der Waals surface area contributed by atoms with Crippen molar-refractivity contribution in [2.24, 2.45) is 0 Å². The highest BCUT2D eigenvalue weighted by Crippen LogP contribution is 2.16. The Bertz CT molecular complexity index is 234. The first-order valence-electron chi connectivity index (χ1n) is 10.2. The molecule has 0 rings (SSSR count). The Kier molecular flexibility index (Phi) is 16.2. The molecule has 0 saturated heterocycles. The van der Waals surface area contributed by atoms with E-state index < -0.39 is 24.4 Å². The molecule has 4 unspecified atom stereocenters. The maximum Gasteiger partial charge on any atom is 0.0824 e. The van der Waals surface area contributed by atoms with Gasteiger partial charge in [-0.05, 0) is 12.8 Å². The van der Waals surface area contributed by atoms with Gasteiger partial charge in [0.15, 0.2) is 0 Å². The normalized spacial score (nSPS) is 16.8. The van der Waals surface area contributed by atoms with E-state index in [9.17, 15) is 20.4 Å². The Morgan fingerprint density at radius 3 is 1.17 bits per heavy atom. The fraction of sp³-hybridized carbons (Fsp3) is 1.00. The summed E-state index contributed by atoms with van der Waals surface area (Å²) < 4.78 is 0. The topological polar surface area (TPSA) is 80.9 Å². The number of unbranched alkanes of at least 4 members (excludes halogenated alkanes) is 8. The Hall–Kier alpha value is -0.160. The summed E-state index contributed by atoms with van der Waals surface area (Å²) >= 11 is 0. The molecular formula is C20H42O4. The van der Waals surface area contributed by atoms with Gasteiger partial charge in [-0.15, -0.1) is 0 Å². The van der Waals surface area contributed by atoms with Gasteiger partial charge < -0.3 is 20.4 Å². The molecule has 146 valence electrons. The van der Waals surface area contributed by atoms with E-state index in [2.05, 4.69) is 13.8 Å². The lowest BCUT2D eigenvalue weighted by molar-refractivity contribution is -0.0365. The first-order valence-corrected chi connectivity index (χ1v) is 10.2. The van der Waals surface area contributed by atoms with Gasteiger partial charge in [-0.3, -0.25) is 0 Å². The van der Waals surface area contributed by atoms with Gasteiger partial charge in [0.25, 0.3) is 0 Å². The van der Waals surface area contributed by atoms with Crippen LogP contribution in [0.1, 0.15) is 104 Å². The van der Waals surface area contributed by atoms with Gasteiger partial charge in [0, 0.05) is 12.8 Å². The van der Waals surface area contributed by atoms with E-state index in [-0.39, 0.29) is 12.8 Å².